The van der Waals surface area contributed by atoms with E-state index in [1.807, 2.05) is 12.1 Å². The van der Waals surface area contributed by atoms with Crippen LogP contribution in [0.2, 0.25) is 0 Å². The van der Waals surface area contributed by atoms with Gasteiger partial charge in [0.2, 0.25) is 0 Å². The number of benzene rings is 1. The Morgan fingerprint density at radius 3 is 2.69 bits per heavy atom. The Balaban J connectivity index is 2.11. The van der Waals surface area contributed by atoms with E-state index in [1.165, 1.54) is 0 Å². The summed E-state index contributed by atoms with van der Waals surface area (Å²) in [6.07, 6.45) is 0. The predicted molar refractivity (Wildman–Crippen MR) is 61.6 cm³/mol. The third-order valence-electron chi connectivity index (χ3n) is 2.90. The summed E-state index contributed by atoms with van der Waals surface area (Å²) in [6.45, 7) is 5.27. The second-order valence-electron chi connectivity index (χ2n) is 4.22. The van der Waals surface area contributed by atoms with Crippen LogP contribution in [0.1, 0.15) is 6.92 Å². The summed E-state index contributed by atoms with van der Waals surface area (Å²) in [4.78, 5) is 12.4. The van der Waals surface area contributed by atoms with E-state index in [2.05, 4.69) is 17.1 Å². The molecule has 2 N–H and O–H groups in total. The zero-order valence-electron chi connectivity index (χ0n) is 9.30. The van der Waals surface area contributed by atoms with Gasteiger partial charge in [0.15, 0.2) is 0 Å². The zero-order chi connectivity index (χ0) is 11.5. The van der Waals surface area contributed by atoms with Crippen LogP contribution >= 0.6 is 0 Å². The lowest BCUT2D eigenvalue weighted by Gasteiger charge is -2.31. The first-order valence-corrected chi connectivity index (χ1v) is 5.49. The molecule has 0 aromatic heterocycles. The molecular formula is C11H16N3O2+. The number of nitro benzene ring substituents is 1. The highest BCUT2D eigenvalue weighted by atomic mass is 16.6. The minimum Gasteiger partial charge on any atom is -0.360 e. The van der Waals surface area contributed by atoms with Crippen molar-refractivity contribution in [2.75, 3.05) is 24.5 Å². The average molecular weight is 222 g/mol. The number of nitrogens with two attached hydrogens (primary N) is 1. The second kappa shape index (κ2) is 4.49. The highest BCUT2D eigenvalue weighted by Crippen LogP contribution is 2.19. The molecule has 5 nitrogen and oxygen atoms in total. The standard InChI is InChI=1S/C11H15N3O2/c1-9-8-13(7-6-12-9)10-2-4-11(5-3-10)14(15)16/h2-5,9,12H,6-8H2,1H3/p+1/t9-/m0/s1. The van der Waals surface area contributed by atoms with E-state index < -0.39 is 0 Å². The van der Waals surface area contributed by atoms with Gasteiger partial charge in [-0.3, -0.25) is 10.1 Å². The zero-order valence-corrected chi connectivity index (χ0v) is 9.30. The Bertz CT molecular complexity index is 377. The van der Waals surface area contributed by atoms with Crippen LogP contribution in [0.5, 0.6) is 0 Å². The van der Waals surface area contributed by atoms with Crippen molar-refractivity contribution < 1.29 is 10.2 Å². The number of hydrogen-bond donors (Lipinski definition) is 1. The van der Waals surface area contributed by atoms with Gasteiger partial charge in [0.25, 0.3) is 5.69 Å². The van der Waals surface area contributed by atoms with Crippen molar-refractivity contribution in [1.82, 2.24) is 0 Å². The van der Waals surface area contributed by atoms with Gasteiger partial charge in [-0.2, -0.15) is 0 Å². The summed E-state index contributed by atoms with van der Waals surface area (Å²) in [5, 5.41) is 12.8. The molecule has 2 rings (SSSR count). The Hall–Kier alpha value is -1.62. The lowest BCUT2D eigenvalue weighted by Crippen LogP contribution is -2.94. The molecule has 1 aromatic rings. The Morgan fingerprint density at radius 1 is 1.44 bits per heavy atom. The van der Waals surface area contributed by atoms with E-state index in [1.54, 1.807) is 12.1 Å². The van der Waals surface area contributed by atoms with Crippen molar-refractivity contribution in [3.8, 4) is 0 Å². The monoisotopic (exact) mass is 222 g/mol. The van der Waals surface area contributed by atoms with Crippen molar-refractivity contribution in [2.24, 2.45) is 0 Å². The molecular weight excluding hydrogens is 206 g/mol. The third kappa shape index (κ3) is 2.30. The van der Waals surface area contributed by atoms with Crippen molar-refractivity contribution in [2.45, 2.75) is 13.0 Å². The lowest BCUT2D eigenvalue weighted by atomic mass is 10.2. The van der Waals surface area contributed by atoms with Gasteiger partial charge in [0, 0.05) is 17.8 Å². The fourth-order valence-corrected chi connectivity index (χ4v) is 2.05. The maximum Gasteiger partial charge on any atom is 0.269 e. The second-order valence-corrected chi connectivity index (χ2v) is 4.22. The van der Waals surface area contributed by atoms with Gasteiger partial charge in [0.05, 0.1) is 24.6 Å². The predicted octanol–water partition coefficient (Wildman–Crippen LogP) is 0.367. The van der Waals surface area contributed by atoms with Crippen molar-refractivity contribution in [3.63, 3.8) is 0 Å². The van der Waals surface area contributed by atoms with Crippen LogP contribution in [0.15, 0.2) is 24.3 Å². The maximum absolute atomic E-state index is 10.5. The van der Waals surface area contributed by atoms with E-state index in [0.29, 0.717) is 6.04 Å². The van der Waals surface area contributed by atoms with E-state index in [-0.39, 0.29) is 10.6 Å². The van der Waals surface area contributed by atoms with Gasteiger partial charge in [-0.25, -0.2) is 0 Å². The lowest BCUT2D eigenvalue weighted by molar-refractivity contribution is -0.687. The largest absolute Gasteiger partial charge is 0.360 e. The van der Waals surface area contributed by atoms with Crippen molar-refractivity contribution >= 4 is 11.4 Å². The van der Waals surface area contributed by atoms with Crippen LogP contribution in [0, 0.1) is 10.1 Å². The first-order chi connectivity index (χ1) is 7.66. The molecule has 0 radical (unpaired) electrons. The van der Waals surface area contributed by atoms with Crippen LogP contribution < -0.4 is 10.2 Å². The molecule has 5 heteroatoms. The summed E-state index contributed by atoms with van der Waals surface area (Å²) in [5.74, 6) is 0. The highest BCUT2D eigenvalue weighted by Gasteiger charge is 2.19. The SMILES string of the molecule is C[C@H]1CN(c2ccc([N+](=O)[O-])cc2)CC[NH2+]1. The molecule has 0 unspecified atom stereocenters. The minimum absolute atomic E-state index is 0.153. The Labute approximate surface area is 94.2 Å². The van der Waals surface area contributed by atoms with E-state index >= 15 is 0 Å². The molecule has 0 spiro atoms. The minimum atomic E-state index is -0.365. The van der Waals surface area contributed by atoms with Gasteiger partial charge >= 0.3 is 0 Å². The molecule has 0 amide bonds. The Kier molecular flexibility index (Phi) is 3.05. The molecule has 0 saturated carbocycles. The molecule has 1 aliphatic heterocycles. The van der Waals surface area contributed by atoms with Crippen molar-refractivity contribution in [1.29, 1.82) is 0 Å². The van der Waals surface area contributed by atoms with E-state index in [0.717, 1.165) is 25.3 Å². The summed E-state index contributed by atoms with van der Waals surface area (Å²) in [7, 11) is 0. The van der Waals surface area contributed by atoms with Crippen LogP contribution in [-0.2, 0) is 0 Å². The number of piperazine rings is 1. The molecule has 0 aliphatic carbocycles. The number of non-ortho nitro benzene ring substituents is 1. The van der Waals surface area contributed by atoms with Gasteiger partial charge in [0.1, 0.15) is 6.04 Å². The average Bonchev–Trinajstić information content (AvgIpc) is 2.29. The number of rotatable bonds is 2. The number of nitrogens with zero attached hydrogens (tertiary/aromatic N) is 2. The summed E-state index contributed by atoms with van der Waals surface area (Å²) in [6, 6.07) is 7.38. The van der Waals surface area contributed by atoms with Crippen LogP contribution in [0.25, 0.3) is 0 Å². The van der Waals surface area contributed by atoms with Crippen molar-refractivity contribution in [3.05, 3.63) is 34.4 Å². The Morgan fingerprint density at radius 2 is 2.12 bits per heavy atom. The number of hydrogen-bond acceptors (Lipinski definition) is 3. The molecule has 1 fully saturated rings. The maximum atomic E-state index is 10.5. The highest BCUT2D eigenvalue weighted by molar-refractivity contribution is 5.51. The number of anilines is 1. The summed E-state index contributed by atoms with van der Waals surface area (Å²) >= 11 is 0. The molecule has 1 heterocycles. The summed E-state index contributed by atoms with van der Waals surface area (Å²) in [5.41, 5.74) is 1.23. The van der Waals surface area contributed by atoms with Gasteiger partial charge in [-0.15, -0.1) is 0 Å². The van der Waals surface area contributed by atoms with Crippen LogP contribution in [-0.4, -0.2) is 30.6 Å². The first-order valence-electron chi connectivity index (χ1n) is 5.49. The fourth-order valence-electron chi connectivity index (χ4n) is 2.05. The smallest absolute Gasteiger partial charge is 0.269 e. The quantitative estimate of drug-likeness (QED) is 0.580. The van der Waals surface area contributed by atoms with Crippen LogP contribution in [0.4, 0.5) is 11.4 Å². The molecule has 1 atom stereocenters. The number of nitro groups is 1. The normalized spacial score (nSPS) is 20.8. The van der Waals surface area contributed by atoms with E-state index in [4.69, 9.17) is 0 Å². The van der Waals surface area contributed by atoms with E-state index in [9.17, 15) is 10.1 Å². The molecule has 0 bridgehead atoms. The van der Waals surface area contributed by atoms with Gasteiger partial charge in [-0.05, 0) is 19.1 Å². The number of quaternary nitrogens is 1. The molecule has 1 aromatic carbocycles. The van der Waals surface area contributed by atoms with Gasteiger partial charge < -0.3 is 10.2 Å². The van der Waals surface area contributed by atoms with Crippen LogP contribution in [0.3, 0.4) is 0 Å². The molecule has 1 saturated heterocycles. The topological polar surface area (TPSA) is 63.0 Å². The summed E-state index contributed by atoms with van der Waals surface area (Å²) < 4.78 is 0. The van der Waals surface area contributed by atoms with Gasteiger partial charge in [-0.1, -0.05) is 0 Å². The molecule has 86 valence electrons. The fraction of sp³-hybridized carbons (Fsp3) is 0.455. The third-order valence-corrected chi connectivity index (χ3v) is 2.90. The molecule has 1 aliphatic rings. The first kappa shape index (κ1) is 10.9. The molecule has 16 heavy (non-hydrogen) atoms.